The van der Waals surface area contributed by atoms with Gasteiger partial charge in [-0.1, -0.05) is 11.2 Å². The van der Waals surface area contributed by atoms with Crippen LogP contribution in [0.5, 0.6) is 0 Å². The molecule has 2 aliphatic heterocycles. The first-order valence-corrected chi connectivity index (χ1v) is 7.23. The number of hydrogen-bond donors (Lipinski definition) is 2. The number of nitrogens with zero attached hydrogens (tertiary/aromatic N) is 3. The van der Waals surface area contributed by atoms with Gasteiger partial charge in [0.2, 0.25) is 5.89 Å². The van der Waals surface area contributed by atoms with E-state index in [4.69, 9.17) is 9.26 Å². The molecule has 0 aromatic carbocycles. The second kappa shape index (κ2) is 5.51. The standard InChI is InChI=1S/C14H17N5O2/c1-2-5-15-10(3-1)11-7-12(18-17-11)14-16-13(19-21-14)9-4-6-20-8-9/h1-3,5,9,11-12,17-18H,4,6-8H2. The lowest BCUT2D eigenvalue weighted by Crippen LogP contribution is -2.27. The van der Waals surface area contributed by atoms with Crippen LogP contribution in [-0.4, -0.2) is 28.3 Å². The van der Waals surface area contributed by atoms with Crippen LogP contribution in [0.4, 0.5) is 0 Å². The fourth-order valence-electron chi connectivity index (χ4n) is 2.79. The van der Waals surface area contributed by atoms with Gasteiger partial charge >= 0.3 is 0 Å². The second-order valence-electron chi connectivity index (χ2n) is 5.44. The molecule has 0 radical (unpaired) electrons. The van der Waals surface area contributed by atoms with Gasteiger partial charge in [-0.25, -0.2) is 10.9 Å². The third kappa shape index (κ3) is 2.55. The number of pyridine rings is 1. The van der Waals surface area contributed by atoms with Crippen molar-refractivity contribution in [1.29, 1.82) is 0 Å². The topological polar surface area (TPSA) is 85.1 Å². The summed E-state index contributed by atoms with van der Waals surface area (Å²) >= 11 is 0. The van der Waals surface area contributed by atoms with Crippen LogP contribution in [0.1, 0.15) is 48.3 Å². The highest BCUT2D eigenvalue weighted by atomic mass is 16.5. The molecule has 2 fully saturated rings. The van der Waals surface area contributed by atoms with Crippen LogP contribution in [0.2, 0.25) is 0 Å². The Hall–Kier alpha value is -1.83. The highest BCUT2D eigenvalue weighted by molar-refractivity contribution is 5.12. The van der Waals surface area contributed by atoms with Gasteiger partial charge in [0.25, 0.3) is 0 Å². The van der Waals surface area contributed by atoms with Gasteiger partial charge in [-0.05, 0) is 25.0 Å². The van der Waals surface area contributed by atoms with Crippen LogP contribution in [0, 0.1) is 0 Å². The summed E-state index contributed by atoms with van der Waals surface area (Å²) in [5, 5.41) is 4.09. The Morgan fingerprint density at radius 1 is 1.19 bits per heavy atom. The molecular weight excluding hydrogens is 270 g/mol. The summed E-state index contributed by atoms with van der Waals surface area (Å²) in [5.41, 5.74) is 7.45. The number of hydrogen-bond acceptors (Lipinski definition) is 7. The van der Waals surface area contributed by atoms with E-state index < -0.39 is 0 Å². The zero-order valence-electron chi connectivity index (χ0n) is 11.5. The van der Waals surface area contributed by atoms with Crippen molar-refractivity contribution >= 4 is 0 Å². The van der Waals surface area contributed by atoms with E-state index in [9.17, 15) is 0 Å². The number of aromatic nitrogens is 3. The Labute approximate surface area is 122 Å². The van der Waals surface area contributed by atoms with E-state index in [1.54, 1.807) is 6.20 Å². The number of nitrogens with one attached hydrogen (secondary N) is 2. The number of hydrazine groups is 1. The normalized spacial score (nSPS) is 29.0. The van der Waals surface area contributed by atoms with Gasteiger partial charge in [0, 0.05) is 18.7 Å². The lowest BCUT2D eigenvalue weighted by atomic mass is 10.1. The summed E-state index contributed by atoms with van der Waals surface area (Å²) in [4.78, 5) is 8.89. The molecule has 2 saturated heterocycles. The van der Waals surface area contributed by atoms with Gasteiger partial charge < -0.3 is 9.26 Å². The Bertz CT molecular complexity index is 596. The van der Waals surface area contributed by atoms with Gasteiger partial charge in [-0.2, -0.15) is 4.98 Å². The quantitative estimate of drug-likeness (QED) is 0.878. The molecule has 4 rings (SSSR count). The van der Waals surface area contributed by atoms with Crippen molar-refractivity contribution in [3.63, 3.8) is 0 Å². The van der Waals surface area contributed by atoms with E-state index in [0.29, 0.717) is 12.5 Å². The van der Waals surface area contributed by atoms with Crippen LogP contribution in [0.15, 0.2) is 28.9 Å². The highest BCUT2D eigenvalue weighted by Crippen LogP contribution is 2.30. The number of ether oxygens (including phenoxy) is 1. The fourth-order valence-corrected chi connectivity index (χ4v) is 2.79. The van der Waals surface area contributed by atoms with E-state index in [-0.39, 0.29) is 18.0 Å². The van der Waals surface area contributed by atoms with Gasteiger partial charge in [0.05, 0.1) is 18.3 Å². The molecule has 7 heteroatoms. The highest BCUT2D eigenvalue weighted by Gasteiger charge is 2.32. The van der Waals surface area contributed by atoms with Crippen molar-refractivity contribution in [2.75, 3.05) is 13.2 Å². The molecule has 2 aromatic rings. The minimum Gasteiger partial charge on any atom is -0.381 e. The molecule has 2 N–H and O–H groups in total. The Kier molecular flexibility index (Phi) is 3.38. The average Bonchev–Trinajstić information content (AvgIpc) is 3.27. The Morgan fingerprint density at radius 2 is 2.14 bits per heavy atom. The molecule has 0 aliphatic carbocycles. The van der Waals surface area contributed by atoms with Crippen molar-refractivity contribution in [3.8, 4) is 0 Å². The molecule has 0 amide bonds. The van der Waals surface area contributed by atoms with Crippen molar-refractivity contribution in [3.05, 3.63) is 41.8 Å². The van der Waals surface area contributed by atoms with Crippen molar-refractivity contribution in [2.45, 2.75) is 30.8 Å². The maximum atomic E-state index is 5.41. The first kappa shape index (κ1) is 12.9. The molecular formula is C14H17N5O2. The lowest BCUT2D eigenvalue weighted by molar-refractivity contribution is 0.192. The van der Waals surface area contributed by atoms with Crippen LogP contribution < -0.4 is 10.9 Å². The first-order chi connectivity index (χ1) is 10.4. The monoisotopic (exact) mass is 287 g/mol. The molecule has 4 heterocycles. The van der Waals surface area contributed by atoms with Gasteiger partial charge in [0.15, 0.2) is 5.82 Å². The molecule has 2 aliphatic rings. The fraction of sp³-hybridized carbons (Fsp3) is 0.500. The molecule has 0 spiro atoms. The maximum Gasteiger partial charge on any atom is 0.245 e. The largest absolute Gasteiger partial charge is 0.381 e. The predicted molar refractivity (Wildman–Crippen MR) is 73.1 cm³/mol. The Balaban J connectivity index is 1.46. The minimum absolute atomic E-state index is 0.0144. The minimum atomic E-state index is 0.0144. The zero-order chi connectivity index (χ0) is 14.1. The van der Waals surface area contributed by atoms with E-state index in [1.807, 2.05) is 18.2 Å². The van der Waals surface area contributed by atoms with Crippen LogP contribution in [0.25, 0.3) is 0 Å². The summed E-state index contributed by atoms with van der Waals surface area (Å²) in [7, 11) is 0. The summed E-state index contributed by atoms with van der Waals surface area (Å²) in [6, 6.07) is 6.08. The molecule has 3 atom stereocenters. The van der Waals surface area contributed by atoms with Crippen molar-refractivity contribution in [2.24, 2.45) is 0 Å². The summed E-state index contributed by atoms with van der Waals surface area (Å²) in [6.07, 6.45) is 3.60. The molecule has 0 bridgehead atoms. The van der Waals surface area contributed by atoms with Crippen molar-refractivity contribution < 1.29 is 9.26 Å². The first-order valence-electron chi connectivity index (χ1n) is 7.23. The molecule has 3 unspecified atom stereocenters. The van der Waals surface area contributed by atoms with Crippen LogP contribution in [-0.2, 0) is 4.74 Å². The van der Waals surface area contributed by atoms with Gasteiger partial charge in [-0.3, -0.25) is 4.98 Å². The van der Waals surface area contributed by atoms with Crippen molar-refractivity contribution in [1.82, 2.24) is 26.0 Å². The third-order valence-corrected chi connectivity index (χ3v) is 4.00. The summed E-state index contributed by atoms with van der Waals surface area (Å²) < 4.78 is 10.8. The molecule has 110 valence electrons. The average molecular weight is 287 g/mol. The molecule has 2 aromatic heterocycles. The SMILES string of the molecule is c1ccc(C2CC(c3nc(C4CCOC4)no3)NN2)nc1. The van der Waals surface area contributed by atoms with E-state index in [1.165, 1.54) is 0 Å². The second-order valence-corrected chi connectivity index (χ2v) is 5.44. The van der Waals surface area contributed by atoms with Gasteiger partial charge in [-0.15, -0.1) is 0 Å². The molecule has 7 nitrogen and oxygen atoms in total. The summed E-state index contributed by atoms with van der Waals surface area (Å²) in [6.45, 7) is 1.46. The Morgan fingerprint density at radius 3 is 2.95 bits per heavy atom. The van der Waals surface area contributed by atoms with E-state index in [0.717, 1.165) is 31.0 Å². The van der Waals surface area contributed by atoms with E-state index in [2.05, 4.69) is 26.0 Å². The third-order valence-electron chi connectivity index (χ3n) is 4.00. The lowest BCUT2D eigenvalue weighted by Gasteiger charge is -2.06. The van der Waals surface area contributed by atoms with Gasteiger partial charge in [0.1, 0.15) is 6.04 Å². The smallest absolute Gasteiger partial charge is 0.245 e. The van der Waals surface area contributed by atoms with Crippen LogP contribution >= 0.6 is 0 Å². The van der Waals surface area contributed by atoms with E-state index >= 15 is 0 Å². The van der Waals surface area contributed by atoms with Crippen LogP contribution in [0.3, 0.4) is 0 Å². The number of rotatable bonds is 3. The summed E-state index contributed by atoms with van der Waals surface area (Å²) in [5.74, 6) is 1.65. The molecule has 0 saturated carbocycles. The predicted octanol–water partition coefficient (Wildman–Crippen LogP) is 1.25. The molecule has 21 heavy (non-hydrogen) atoms. The zero-order valence-corrected chi connectivity index (χ0v) is 11.5. The maximum absolute atomic E-state index is 5.41.